The first-order chi connectivity index (χ1) is 9.39. The molecule has 0 radical (unpaired) electrons. The topological polar surface area (TPSA) is 59.4 Å². The zero-order chi connectivity index (χ0) is 14.8. The molecule has 2 heterocycles. The van der Waals surface area contributed by atoms with Gasteiger partial charge in [0.2, 0.25) is 0 Å². The van der Waals surface area contributed by atoms with E-state index in [1.807, 2.05) is 37.8 Å². The Morgan fingerprint density at radius 1 is 1.55 bits per heavy atom. The molecule has 0 bridgehead atoms. The van der Waals surface area contributed by atoms with Crippen LogP contribution in [0.4, 0.5) is 4.79 Å². The monoisotopic (exact) mass is 280 g/mol. The maximum absolute atomic E-state index is 12.1. The molecule has 6 heteroatoms. The maximum Gasteiger partial charge on any atom is 0.410 e. The second-order valence-corrected chi connectivity index (χ2v) is 6.06. The summed E-state index contributed by atoms with van der Waals surface area (Å²) < 4.78 is 7.32. The normalized spacial score (nSPS) is 20.0. The number of piperazine rings is 1. The fourth-order valence-electron chi connectivity index (χ4n) is 2.20. The molecule has 1 amide bonds. The van der Waals surface area contributed by atoms with Crippen molar-refractivity contribution in [1.29, 1.82) is 0 Å². The Labute approximate surface area is 120 Å². The molecule has 1 aromatic heterocycles. The third-order valence-corrected chi connectivity index (χ3v) is 3.21. The number of aryl methyl sites for hydroxylation is 1. The summed E-state index contributed by atoms with van der Waals surface area (Å²) >= 11 is 0. The summed E-state index contributed by atoms with van der Waals surface area (Å²) in [6, 6.07) is 0.122. The molecule has 1 saturated heterocycles. The van der Waals surface area contributed by atoms with Gasteiger partial charge in [-0.1, -0.05) is 0 Å². The van der Waals surface area contributed by atoms with E-state index in [1.54, 1.807) is 4.90 Å². The number of carbonyl (C=O) groups is 1. The van der Waals surface area contributed by atoms with E-state index in [0.717, 1.165) is 18.7 Å². The SMILES string of the molecule is CCn1cc(C2CN(C(=O)OC(C)(C)C)CCN2)cn1. The van der Waals surface area contributed by atoms with E-state index >= 15 is 0 Å². The van der Waals surface area contributed by atoms with E-state index in [0.29, 0.717) is 13.1 Å². The predicted octanol–water partition coefficient (Wildman–Crippen LogP) is 1.78. The van der Waals surface area contributed by atoms with Crippen LogP contribution < -0.4 is 5.32 Å². The van der Waals surface area contributed by atoms with Crippen molar-refractivity contribution >= 4 is 6.09 Å². The summed E-state index contributed by atoms with van der Waals surface area (Å²) in [7, 11) is 0. The van der Waals surface area contributed by atoms with Crippen LogP contribution in [0.1, 0.15) is 39.3 Å². The van der Waals surface area contributed by atoms with E-state index in [2.05, 4.69) is 17.3 Å². The fourth-order valence-corrected chi connectivity index (χ4v) is 2.20. The van der Waals surface area contributed by atoms with Crippen LogP contribution in [0.25, 0.3) is 0 Å². The predicted molar refractivity (Wildman–Crippen MR) is 76.5 cm³/mol. The largest absolute Gasteiger partial charge is 0.444 e. The van der Waals surface area contributed by atoms with Crippen molar-refractivity contribution in [2.24, 2.45) is 0 Å². The Bertz CT molecular complexity index is 464. The standard InChI is InChI=1S/C14H24N4O2/c1-5-18-9-11(8-16-18)12-10-17(7-6-15-12)13(19)20-14(2,3)4/h8-9,12,15H,5-7,10H2,1-4H3. The smallest absolute Gasteiger partial charge is 0.410 e. The Balaban J connectivity index is 1.99. The van der Waals surface area contributed by atoms with Gasteiger partial charge >= 0.3 is 6.09 Å². The number of nitrogens with zero attached hydrogens (tertiary/aromatic N) is 3. The summed E-state index contributed by atoms with van der Waals surface area (Å²) in [6.07, 6.45) is 3.64. The third kappa shape index (κ3) is 3.72. The molecule has 2 rings (SSSR count). The van der Waals surface area contributed by atoms with Gasteiger partial charge in [-0.25, -0.2) is 4.79 Å². The molecule has 0 spiro atoms. The molecule has 1 aliphatic rings. The summed E-state index contributed by atoms with van der Waals surface area (Å²) in [4.78, 5) is 13.9. The highest BCUT2D eigenvalue weighted by Crippen LogP contribution is 2.18. The van der Waals surface area contributed by atoms with Crippen LogP contribution in [0, 0.1) is 0 Å². The molecule has 0 saturated carbocycles. The van der Waals surface area contributed by atoms with Crippen molar-refractivity contribution < 1.29 is 9.53 Å². The minimum Gasteiger partial charge on any atom is -0.444 e. The van der Waals surface area contributed by atoms with E-state index in [1.165, 1.54) is 0 Å². The second kappa shape index (κ2) is 5.83. The highest BCUT2D eigenvalue weighted by molar-refractivity contribution is 5.68. The van der Waals surface area contributed by atoms with Crippen LogP contribution >= 0.6 is 0 Å². The minimum atomic E-state index is -0.454. The van der Waals surface area contributed by atoms with Gasteiger partial charge in [-0.15, -0.1) is 0 Å². The molecule has 1 aliphatic heterocycles. The highest BCUT2D eigenvalue weighted by Gasteiger charge is 2.28. The summed E-state index contributed by atoms with van der Waals surface area (Å²) in [5.74, 6) is 0. The lowest BCUT2D eigenvalue weighted by molar-refractivity contribution is 0.0195. The van der Waals surface area contributed by atoms with Gasteiger partial charge in [0.25, 0.3) is 0 Å². The van der Waals surface area contributed by atoms with Crippen LogP contribution in [-0.4, -0.2) is 46.0 Å². The zero-order valence-electron chi connectivity index (χ0n) is 12.7. The van der Waals surface area contributed by atoms with Crippen molar-refractivity contribution in [2.45, 2.75) is 45.9 Å². The number of ether oxygens (including phenoxy) is 1. The Kier molecular flexibility index (Phi) is 4.32. The van der Waals surface area contributed by atoms with Crippen LogP contribution in [0.2, 0.25) is 0 Å². The molecule has 0 aliphatic carbocycles. The van der Waals surface area contributed by atoms with Crippen LogP contribution in [0.5, 0.6) is 0 Å². The van der Waals surface area contributed by atoms with E-state index < -0.39 is 5.60 Å². The lowest BCUT2D eigenvalue weighted by Crippen LogP contribution is -2.49. The van der Waals surface area contributed by atoms with Gasteiger partial charge in [-0.05, 0) is 27.7 Å². The number of rotatable bonds is 2. The van der Waals surface area contributed by atoms with Gasteiger partial charge in [0.1, 0.15) is 5.60 Å². The zero-order valence-corrected chi connectivity index (χ0v) is 12.7. The van der Waals surface area contributed by atoms with Crippen LogP contribution in [0.3, 0.4) is 0 Å². The second-order valence-electron chi connectivity index (χ2n) is 6.06. The molecule has 20 heavy (non-hydrogen) atoms. The van der Waals surface area contributed by atoms with Gasteiger partial charge in [0.15, 0.2) is 0 Å². The van der Waals surface area contributed by atoms with Gasteiger partial charge in [-0.2, -0.15) is 5.10 Å². The van der Waals surface area contributed by atoms with Gasteiger partial charge < -0.3 is 15.0 Å². The minimum absolute atomic E-state index is 0.122. The first kappa shape index (κ1) is 14.8. The molecule has 1 aromatic rings. The van der Waals surface area contributed by atoms with Gasteiger partial charge in [-0.3, -0.25) is 4.68 Å². The van der Waals surface area contributed by atoms with Crippen molar-refractivity contribution in [3.63, 3.8) is 0 Å². The number of amides is 1. The summed E-state index contributed by atoms with van der Waals surface area (Å²) in [6.45, 7) is 10.6. The number of hydrogen-bond donors (Lipinski definition) is 1. The van der Waals surface area contributed by atoms with Crippen molar-refractivity contribution in [3.05, 3.63) is 18.0 Å². The van der Waals surface area contributed by atoms with Crippen molar-refractivity contribution in [3.8, 4) is 0 Å². The number of carbonyl (C=O) groups excluding carboxylic acids is 1. The Morgan fingerprint density at radius 2 is 2.30 bits per heavy atom. The van der Waals surface area contributed by atoms with Crippen molar-refractivity contribution in [1.82, 2.24) is 20.0 Å². The Hall–Kier alpha value is -1.56. The molecule has 0 aromatic carbocycles. The molecule has 112 valence electrons. The van der Waals surface area contributed by atoms with Crippen LogP contribution in [-0.2, 0) is 11.3 Å². The lowest BCUT2D eigenvalue weighted by atomic mass is 10.1. The molecule has 1 fully saturated rings. The molecule has 1 unspecified atom stereocenters. The van der Waals surface area contributed by atoms with E-state index in [-0.39, 0.29) is 12.1 Å². The Morgan fingerprint density at radius 3 is 2.90 bits per heavy atom. The lowest BCUT2D eigenvalue weighted by Gasteiger charge is -2.34. The molecular formula is C14H24N4O2. The third-order valence-electron chi connectivity index (χ3n) is 3.21. The number of hydrogen-bond acceptors (Lipinski definition) is 4. The van der Waals surface area contributed by atoms with Gasteiger partial charge in [0, 0.05) is 37.9 Å². The van der Waals surface area contributed by atoms with E-state index in [9.17, 15) is 4.79 Å². The highest BCUT2D eigenvalue weighted by atomic mass is 16.6. The first-order valence-electron chi connectivity index (χ1n) is 7.12. The average Bonchev–Trinajstić information content (AvgIpc) is 2.85. The summed E-state index contributed by atoms with van der Waals surface area (Å²) in [5.41, 5.74) is 0.657. The molecule has 1 atom stereocenters. The first-order valence-corrected chi connectivity index (χ1v) is 7.12. The quantitative estimate of drug-likeness (QED) is 0.897. The fraction of sp³-hybridized carbons (Fsp3) is 0.714. The number of aromatic nitrogens is 2. The van der Waals surface area contributed by atoms with Crippen molar-refractivity contribution in [2.75, 3.05) is 19.6 Å². The average molecular weight is 280 g/mol. The molecule has 1 N–H and O–H groups in total. The molecule has 6 nitrogen and oxygen atoms in total. The summed E-state index contributed by atoms with van der Waals surface area (Å²) in [5, 5.41) is 7.70. The van der Waals surface area contributed by atoms with E-state index in [4.69, 9.17) is 4.74 Å². The van der Waals surface area contributed by atoms with Gasteiger partial charge in [0.05, 0.1) is 12.2 Å². The number of nitrogens with one attached hydrogen (secondary N) is 1. The maximum atomic E-state index is 12.1. The molecular weight excluding hydrogens is 256 g/mol. The van der Waals surface area contributed by atoms with Crippen LogP contribution in [0.15, 0.2) is 12.4 Å².